The zero-order valence-electron chi connectivity index (χ0n) is 16.4. The number of piperazine rings is 1. The Hall–Kier alpha value is -3.29. The first-order chi connectivity index (χ1) is 13.5. The van der Waals surface area contributed by atoms with Crippen LogP contribution in [0.3, 0.4) is 0 Å². The summed E-state index contributed by atoms with van der Waals surface area (Å²) in [5.74, 6) is 0.650. The molecule has 0 saturated carbocycles. The number of aryl methyl sites for hydroxylation is 1. The van der Waals surface area contributed by atoms with E-state index in [0.29, 0.717) is 24.6 Å². The molecule has 2 amide bonds. The topological polar surface area (TPSA) is 80.4 Å². The zero-order chi connectivity index (χ0) is 19.7. The first-order valence-corrected chi connectivity index (χ1v) is 9.41. The van der Waals surface area contributed by atoms with Crippen LogP contribution in [0.4, 0.5) is 22.0 Å². The van der Waals surface area contributed by atoms with Crippen molar-refractivity contribution >= 4 is 34.1 Å². The van der Waals surface area contributed by atoms with Crippen molar-refractivity contribution in [2.45, 2.75) is 6.92 Å². The van der Waals surface area contributed by atoms with Gasteiger partial charge in [-0.1, -0.05) is 6.07 Å². The standard InChI is InChI=1S/C20H25N7O/c1-14-13-17(19(24-23-14)25(2)3)22-20(28)27-11-9-26(10-12-27)18-6-4-5-16-15(18)7-8-21-16/h4-8,13,21H,9-12H2,1-3H3,(H,22,23,28). The average Bonchev–Trinajstić information content (AvgIpc) is 3.17. The number of rotatable bonds is 3. The summed E-state index contributed by atoms with van der Waals surface area (Å²) >= 11 is 0. The molecular weight excluding hydrogens is 354 g/mol. The maximum Gasteiger partial charge on any atom is 0.322 e. The highest BCUT2D eigenvalue weighted by atomic mass is 16.2. The normalized spacial score (nSPS) is 14.4. The molecule has 0 bridgehead atoms. The predicted octanol–water partition coefficient (Wildman–Crippen LogP) is 2.69. The fraction of sp³-hybridized carbons (Fsp3) is 0.350. The molecule has 1 aliphatic heterocycles. The molecule has 28 heavy (non-hydrogen) atoms. The number of anilines is 3. The number of carbonyl (C=O) groups is 1. The molecule has 1 aromatic carbocycles. The lowest BCUT2D eigenvalue weighted by Crippen LogP contribution is -2.50. The second-order valence-corrected chi connectivity index (χ2v) is 7.24. The molecule has 8 heteroatoms. The van der Waals surface area contributed by atoms with Gasteiger partial charge in [0.2, 0.25) is 0 Å². The van der Waals surface area contributed by atoms with E-state index < -0.39 is 0 Å². The van der Waals surface area contributed by atoms with Gasteiger partial charge in [0.15, 0.2) is 5.82 Å². The highest BCUT2D eigenvalue weighted by Gasteiger charge is 2.23. The summed E-state index contributed by atoms with van der Waals surface area (Å²) in [7, 11) is 3.77. The Kier molecular flexibility index (Phi) is 4.77. The Bertz CT molecular complexity index is 989. The third-order valence-corrected chi connectivity index (χ3v) is 5.04. The summed E-state index contributed by atoms with van der Waals surface area (Å²) in [6.45, 7) is 4.79. The predicted molar refractivity (Wildman–Crippen MR) is 112 cm³/mol. The number of hydrogen-bond donors (Lipinski definition) is 2. The third-order valence-electron chi connectivity index (χ3n) is 5.04. The number of urea groups is 1. The molecule has 4 rings (SSSR count). The molecule has 0 atom stereocenters. The van der Waals surface area contributed by atoms with E-state index in [1.165, 1.54) is 11.1 Å². The zero-order valence-corrected chi connectivity index (χ0v) is 16.4. The van der Waals surface area contributed by atoms with Gasteiger partial charge < -0.3 is 25.0 Å². The molecule has 3 heterocycles. The summed E-state index contributed by atoms with van der Waals surface area (Å²) in [6, 6.07) is 10.1. The van der Waals surface area contributed by atoms with E-state index in [4.69, 9.17) is 0 Å². The minimum Gasteiger partial charge on any atom is -0.367 e. The lowest BCUT2D eigenvalue weighted by atomic mass is 10.2. The van der Waals surface area contributed by atoms with Gasteiger partial charge in [-0.2, -0.15) is 5.10 Å². The van der Waals surface area contributed by atoms with Crippen LogP contribution in [-0.4, -0.2) is 66.4 Å². The smallest absolute Gasteiger partial charge is 0.322 e. The number of nitrogens with zero attached hydrogens (tertiary/aromatic N) is 5. The highest BCUT2D eigenvalue weighted by Crippen LogP contribution is 2.27. The van der Waals surface area contributed by atoms with E-state index in [0.717, 1.165) is 24.3 Å². The van der Waals surface area contributed by atoms with Crippen molar-refractivity contribution in [3.8, 4) is 0 Å². The van der Waals surface area contributed by atoms with Crippen molar-refractivity contribution in [1.82, 2.24) is 20.1 Å². The van der Waals surface area contributed by atoms with Crippen molar-refractivity contribution in [2.75, 3.05) is 55.4 Å². The molecule has 8 nitrogen and oxygen atoms in total. The van der Waals surface area contributed by atoms with Gasteiger partial charge in [0.05, 0.1) is 11.4 Å². The van der Waals surface area contributed by atoms with Crippen LogP contribution in [0.15, 0.2) is 36.5 Å². The number of carbonyl (C=O) groups excluding carboxylic acids is 1. The summed E-state index contributed by atoms with van der Waals surface area (Å²) in [6.07, 6.45) is 1.96. The maximum atomic E-state index is 12.8. The van der Waals surface area contributed by atoms with E-state index in [1.807, 2.05) is 43.1 Å². The lowest BCUT2D eigenvalue weighted by molar-refractivity contribution is 0.208. The van der Waals surface area contributed by atoms with Crippen LogP contribution >= 0.6 is 0 Å². The molecule has 3 aromatic rings. The van der Waals surface area contributed by atoms with Gasteiger partial charge in [0, 0.05) is 63.1 Å². The average molecular weight is 379 g/mol. The molecule has 2 aromatic heterocycles. The van der Waals surface area contributed by atoms with E-state index in [-0.39, 0.29) is 6.03 Å². The van der Waals surface area contributed by atoms with Crippen molar-refractivity contribution in [1.29, 1.82) is 0 Å². The van der Waals surface area contributed by atoms with Gasteiger partial charge in [-0.15, -0.1) is 5.10 Å². The second-order valence-electron chi connectivity index (χ2n) is 7.24. The van der Waals surface area contributed by atoms with Gasteiger partial charge >= 0.3 is 6.03 Å². The SMILES string of the molecule is Cc1cc(NC(=O)N2CCN(c3cccc4[nH]ccc34)CC2)c(N(C)C)nn1. The highest BCUT2D eigenvalue weighted by molar-refractivity contribution is 5.94. The van der Waals surface area contributed by atoms with Crippen molar-refractivity contribution in [3.05, 3.63) is 42.2 Å². The Labute approximate surface area is 164 Å². The van der Waals surface area contributed by atoms with Gasteiger partial charge in [-0.05, 0) is 31.2 Å². The van der Waals surface area contributed by atoms with Crippen LogP contribution in [-0.2, 0) is 0 Å². The molecule has 0 radical (unpaired) electrons. The fourth-order valence-corrected chi connectivity index (χ4v) is 3.59. The second kappa shape index (κ2) is 7.38. The molecule has 146 valence electrons. The van der Waals surface area contributed by atoms with Crippen molar-refractivity contribution in [3.63, 3.8) is 0 Å². The van der Waals surface area contributed by atoms with Gasteiger partial charge in [0.1, 0.15) is 0 Å². The third kappa shape index (κ3) is 3.45. The van der Waals surface area contributed by atoms with E-state index in [9.17, 15) is 4.79 Å². The van der Waals surface area contributed by atoms with Crippen molar-refractivity contribution in [2.24, 2.45) is 0 Å². The van der Waals surface area contributed by atoms with Crippen molar-refractivity contribution < 1.29 is 4.79 Å². The summed E-state index contributed by atoms with van der Waals surface area (Å²) in [5.41, 5.74) is 3.80. The Morgan fingerprint density at radius 1 is 1.14 bits per heavy atom. The van der Waals surface area contributed by atoms with Gasteiger partial charge in [0.25, 0.3) is 0 Å². The number of aromatic nitrogens is 3. The summed E-state index contributed by atoms with van der Waals surface area (Å²) in [4.78, 5) is 22.1. The summed E-state index contributed by atoms with van der Waals surface area (Å²) in [5, 5.41) is 12.5. The van der Waals surface area contributed by atoms with Crippen LogP contribution in [0, 0.1) is 6.92 Å². The molecule has 1 aliphatic rings. The van der Waals surface area contributed by atoms with Crippen LogP contribution in [0.5, 0.6) is 0 Å². The van der Waals surface area contributed by atoms with Crippen LogP contribution in [0.25, 0.3) is 10.9 Å². The number of fused-ring (bicyclic) bond motifs is 1. The first-order valence-electron chi connectivity index (χ1n) is 9.41. The molecule has 1 saturated heterocycles. The largest absolute Gasteiger partial charge is 0.367 e. The van der Waals surface area contributed by atoms with E-state index >= 15 is 0 Å². The van der Waals surface area contributed by atoms with Crippen LogP contribution < -0.4 is 15.1 Å². The Morgan fingerprint density at radius 2 is 1.93 bits per heavy atom. The number of aromatic amines is 1. The Balaban J connectivity index is 1.44. The lowest BCUT2D eigenvalue weighted by Gasteiger charge is -2.36. The minimum atomic E-state index is -0.102. The maximum absolute atomic E-state index is 12.8. The first kappa shape index (κ1) is 18.1. The quantitative estimate of drug-likeness (QED) is 0.731. The molecular formula is C20H25N7O. The van der Waals surface area contributed by atoms with Crippen LogP contribution in [0.2, 0.25) is 0 Å². The number of benzene rings is 1. The van der Waals surface area contributed by atoms with Gasteiger partial charge in [-0.3, -0.25) is 0 Å². The monoisotopic (exact) mass is 379 g/mol. The molecule has 1 fully saturated rings. The minimum absolute atomic E-state index is 0.102. The molecule has 0 aliphatic carbocycles. The fourth-order valence-electron chi connectivity index (χ4n) is 3.59. The molecule has 2 N–H and O–H groups in total. The number of hydrogen-bond acceptors (Lipinski definition) is 5. The van der Waals surface area contributed by atoms with Crippen LogP contribution in [0.1, 0.15) is 5.69 Å². The van der Waals surface area contributed by atoms with Gasteiger partial charge in [-0.25, -0.2) is 4.79 Å². The van der Waals surface area contributed by atoms with E-state index in [2.05, 4.69) is 49.7 Å². The molecule has 0 spiro atoms. The molecule has 0 unspecified atom stereocenters. The summed E-state index contributed by atoms with van der Waals surface area (Å²) < 4.78 is 0. The number of nitrogens with one attached hydrogen (secondary N) is 2. The van der Waals surface area contributed by atoms with E-state index in [1.54, 1.807) is 0 Å². The Morgan fingerprint density at radius 3 is 2.68 bits per heavy atom. The number of amides is 2. The number of H-pyrrole nitrogens is 1.